The number of ether oxygens (including phenoxy) is 1. The molecule has 2 N–H and O–H groups in total. The molecule has 1 aromatic rings. The number of hydrogen-bond acceptors (Lipinski definition) is 2. The van der Waals surface area contributed by atoms with Crippen molar-refractivity contribution in [2.45, 2.75) is 27.3 Å². The summed E-state index contributed by atoms with van der Waals surface area (Å²) in [5.41, 5.74) is 6.09. The first-order valence-electron chi connectivity index (χ1n) is 5.54. The first-order chi connectivity index (χ1) is 7.94. The van der Waals surface area contributed by atoms with Crippen LogP contribution < -0.4 is 10.5 Å². The maximum atomic E-state index is 13.5. The van der Waals surface area contributed by atoms with Gasteiger partial charge in [-0.2, -0.15) is 0 Å². The van der Waals surface area contributed by atoms with Gasteiger partial charge in [-0.25, -0.2) is 4.39 Å². The first-order valence-corrected chi connectivity index (χ1v) is 5.54. The minimum atomic E-state index is -0.398. The average Bonchev–Trinajstić information content (AvgIpc) is 2.24. The molecule has 2 nitrogen and oxygen atoms in total. The Morgan fingerprint density at radius 3 is 2.65 bits per heavy atom. The zero-order chi connectivity index (χ0) is 12.9. The molecule has 0 fully saturated rings. The lowest BCUT2D eigenvalue weighted by Gasteiger charge is -2.09. The number of hydrogen-bond donors (Lipinski definition) is 1. The summed E-state index contributed by atoms with van der Waals surface area (Å²) in [6, 6.07) is 4.71. The van der Waals surface area contributed by atoms with E-state index < -0.39 is 5.82 Å². The van der Waals surface area contributed by atoms with E-state index in [2.05, 4.69) is 11.8 Å². The van der Waals surface area contributed by atoms with Crippen LogP contribution in [0.1, 0.15) is 26.3 Å². The van der Waals surface area contributed by atoms with Crippen molar-refractivity contribution in [2.24, 2.45) is 11.1 Å². The van der Waals surface area contributed by atoms with Gasteiger partial charge in [-0.15, -0.1) is 0 Å². The van der Waals surface area contributed by atoms with Crippen molar-refractivity contribution in [2.75, 3.05) is 6.61 Å². The maximum Gasteiger partial charge on any atom is 0.165 e. The van der Waals surface area contributed by atoms with Gasteiger partial charge in [0.1, 0.15) is 6.61 Å². The molecule has 0 atom stereocenters. The van der Waals surface area contributed by atoms with Crippen LogP contribution in [0.2, 0.25) is 0 Å². The van der Waals surface area contributed by atoms with E-state index in [1.165, 1.54) is 6.07 Å². The van der Waals surface area contributed by atoms with E-state index in [1.54, 1.807) is 12.1 Å². The normalized spacial score (nSPS) is 10.6. The van der Waals surface area contributed by atoms with Gasteiger partial charge < -0.3 is 10.5 Å². The van der Waals surface area contributed by atoms with Crippen molar-refractivity contribution < 1.29 is 9.13 Å². The summed E-state index contributed by atoms with van der Waals surface area (Å²) < 4.78 is 18.8. The van der Waals surface area contributed by atoms with Crippen molar-refractivity contribution in [3.63, 3.8) is 0 Å². The van der Waals surface area contributed by atoms with Crippen molar-refractivity contribution >= 4 is 0 Å². The Kier molecular flexibility index (Phi) is 4.53. The van der Waals surface area contributed by atoms with E-state index in [0.29, 0.717) is 5.56 Å². The molecule has 0 bridgehead atoms. The fourth-order valence-corrected chi connectivity index (χ4v) is 1.29. The molecular formula is C14H18FNO. The van der Waals surface area contributed by atoms with Gasteiger partial charge in [-0.1, -0.05) is 24.0 Å². The zero-order valence-electron chi connectivity index (χ0n) is 10.5. The number of rotatable bonds is 3. The minimum Gasteiger partial charge on any atom is -0.478 e. The molecular weight excluding hydrogens is 217 g/mol. The lowest BCUT2D eigenvalue weighted by Crippen LogP contribution is -2.06. The van der Waals surface area contributed by atoms with Gasteiger partial charge >= 0.3 is 0 Å². The molecule has 92 valence electrons. The van der Waals surface area contributed by atoms with Crippen molar-refractivity contribution in [3.05, 3.63) is 29.6 Å². The SMILES string of the molecule is CC(C)(C)C#CCOc1c(F)cccc1CN. The van der Waals surface area contributed by atoms with Crippen LogP contribution in [0.25, 0.3) is 0 Å². The molecule has 0 aliphatic carbocycles. The predicted molar refractivity (Wildman–Crippen MR) is 67.0 cm³/mol. The minimum absolute atomic E-state index is 0.0741. The van der Waals surface area contributed by atoms with Gasteiger partial charge in [0.2, 0.25) is 0 Å². The molecule has 1 aromatic carbocycles. The second-order valence-electron chi connectivity index (χ2n) is 4.77. The topological polar surface area (TPSA) is 35.2 Å². The Balaban J connectivity index is 2.72. The summed E-state index contributed by atoms with van der Waals surface area (Å²) in [6.07, 6.45) is 0. The monoisotopic (exact) mass is 235 g/mol. The summed E-state index contributed by atoms with van der Waals surface area (Å²) in [4.78, 5) is 0. The number of benzene rings is 1. The molecule has 0 aliphatic heterocycles. The standard InChI is InChI=1S/C14H18FNO/c1-14(2,3)8-5-9-17-13-11(10-16)6-4-7-12(13)15/h4,6-7H,9-10,16H2,1-3H3. The smallest absolute Gasteiger partial charge is 0.165 e. The molecule has 3 heteroatoms. The van der Waals surface area contributed by atoms with Crippen molar-refractivity contribution in [3.8, 4) is 17.6 Å². The van der Waals surface area contributed by atoms with E-state index in [-0.39, 0.29) is 24.3 Å². The third-order valence-corrected chi connectivity index (χ3v) is 2.02. The van der Waals surface area contributed by atoms with Crippen molar-refractivity contribution in [1.82, 2.24) is 0 Å². The fraction of sp³-hybridized carbons (Fsp3) is 0.429. The maximum absolute atomic E-state index is 13.5. The van der Waals surface area contributed by atoms with Crippen LogP contribution in [-0.4, -0.2) is 6.61 Å². The second kappa shape index (κ2) is 5.70. The highest BCUT2D eigenvalue weighted by atomic mass is 19.1. The largest absolute Gasteiger partial charge is 0.478 e. The van der Waals surface area contributed by atoms with E-state index in [9.17, 15) is 4.39 Å². The fourth-order valence-electron chi connectivity index (χ4n) is 1.29. The first kappa shape index (κ1) is 13.5. The van der Waals surface area contributed by atoms with Gasteiger partial charge in [-0.05, 0) is 26.8 Å². The van der Waals surface area contributed by atoms with Crippen molar-refractivity contribution in [1.29, 1.82) is 0 Å². The Morgan fingerprint density at radius 2 is 2.06 bits per heavy atom. The highest BCUT2D eigenvalue weighted by Crippen LogP contribution is 2.21. The Morgan fingerprint density at radius 1 is 1.35 bits per heavy atom. The van der Waals surface area contributed by atoms with Crippen LogP contribution in [-0.2, 0) is 6.54 Å². The van der Waals surface area contributed by atoms with Gasteiger partial charge in [0.05, 0.1) is 0 Å². The summed E-state index contributed by atoms with van der Waals surface area (Å²) in [5.74, 6) is 5.70. The molecule has 0 saturated heterocycles. The van der Waals surface area contributed by atoms with Crippen LogP contribution in [0.4, 0.5) is 4.39 Å². The second-order valence-corrected chi connectivity index (χ2v) is 4.77. The van der Waals surface area contributed by atoms with E-state index in [0.717, 1.165) is 0 Å². The van der Waals surface area contributed by atoms with Crippen LogP contribution >= 0.6 is 0 Å². The lowest BCUT2D eigenvalue weighted by atomic mass is 9.98. The number of nitrogens with two attached hydrogens (primary N) is 1. The highest BCUT2D eigenvalue weighted by molar-refractivity contribution is 5.35. The quantitative estimate of drug-likeness (QED) is 0.817. The molecule has 0 unspecified atom stereocenters. The van der Waals surface area contributed by atoms with E-state index in [4.69, 9.17) is 10.5 Å². The Bertz CT molecular complexity index is 438. The Hall–Kier alpha value is -1.53. The van der Waals surface area contributed by atoms with Crippen LogP contribution in [0.15, 0.2) is 18.2 Å². The summed E-state index contributed by atoms with van der Waals surface area (Å²) in [6.45, 7) is 6.45. The molecule has 0 aromatic heterocycles. The highest BCUT2D eigenvalue weighted by Gasteiger charge is 2.08. The molecule has 0 aliphatic rings. The average molecular weight is 235 g/mol. The van der Waals surface area contributed by atoms with E-state index in [1.807, 2.05) is 20.8 Å². The van der Waals surface area contributed by atoms with Gasteiger partial charge in [0.25, 0.3) is 0 Å². The molecule has 0 spiro atoms. The number of para-hydroxylation sites is 1. The van der Waals surface area contributed by atoms with Gasteiger partial charge in [0, 0.05) is 17.5 Å². The van der Waals surface area contributed by atoms with Gasteiger partial charge in [0.15, 0.2) is 11.6 Å². The molecule has 17 heavy (non-hydrogen) atoms. The molecule has 0 heterocycles. The number of halogens is 1. The third kappa shape index (κ3) is 4.46. The third-order valence-electron chi connectivity index (χ3n) is 2.02. The summed E-state index contributed by atoms with van der Waals surface area (Å²) in [7, 11) is 0. The van der Waals surface area contributed by atoms with Crippen LogP contribution in [0.5, 0.6) is 5.75 Å². The lowest BCUT2D eigenvalue weighted by molar-refractivity contribution is 0.343. The Labute approximate surface area is 102 Å². The van der Waals surface area contributed by atoms with E-state index >= 15 is 0 Å². The zero-order valence-corrected chi connectivity index (χ0v) is 10.5. The molecule has 0 amide bonds. The predicted octanol–water partition coefficient (Wildman–Crippen LogP) is 2.71. The van der Waals surface area contributed by atoms with Gasteiger partial charge in [-0.3, -0.25) is 0 Å². The summed E-state index contributed by atoms with van der Waals surface area (Å²) in [5, 5.41) is 0. The van der Waals surface area contributed by atoms with Crippen LogP contribution in [0, 0.1) is 23.1 Å². The molecule has 0 radical (unpaired) electrons. The molecule has 1 rings (SSSR count). The molecule has 0 saturated carbocycles. The van der Waals surface area contributed by atoms with Crippen LogP contribution in [0.3, 0.4) is 0 Å². The summed E-state index contributed by atoms with van der Waals surface area (Å²) >= 11 is 0.